The molecular weight excluding hydrogens is 388 g/mol. The Hall–Kier alpha value is -2.24. The van der Waals surface area contributed by atoms with Gasteiger partial charge in [-0.05, 0) is 18.6 Å². The van der Waals surface area contributed by atoms with E-state index in [-0.39, 0.29) is 35.9 Å². The van der Waals surface area contributed by atoms with E-state index in [1.54, 1.807) is 13.0 Å². The van der Waals surface area contributed by atoms with E-state index in [0.29, 0.717) is 16.9 Å². The van der Waals surface area contributed by atoms with E-state index < -0.39 is 20.9 Å². The number of aryl methyl sites for hydroxylation is 1. The maximum Gasteiger partial charge on any atom is 0.318 e. The molecule has 1 aromatic heterocycles. The fraction of sp³-hybridized carbons (Fsp3) is 0.429. The summed E-state index contributed by atoms with van der Waals surface area (Å²) < 4.78 is 28.4. The lowest BCUT2D eigenvalue weighted by atomic mass is 10.1. The van der Waals surface area contributed by atoms with Gasteiger partial charge >= 0.3 is 5.69 Å². The summed E-state index contributed by atoms with van der Waals surface area (Å²) in [5, 5.41) is 14.2. The number of rotatable bonds is 7. The first-order chi connectivity index (χ1) is 12.0. The monoisotopic (exact) mass is 404 g/mol. The van der Waals surface area contributed by atoms with E-state index in [4.69, 9.17) is 15.8 Å². The van der Waals surface area contributed by atoms with Crippen LogP contribution in [0.15, 0.2) is 6.07 Å². The number of carbonyl (C=O) groups excluding carboxylic acids is 1. The number of alkyl halides is 1. The largest absolute Gasteiger partial charge is 0.320 e. The molecule has 2 rings (SSSR count). The number of hydrogen-bond acceptors (Lipinski definition) is 7. The van der Waals surface area contributed by atoms with Crippen molar-refractivity contribution in [2.24, 2.45) is 0 Å². The molecule has 2 aromatic rings. The number of aromatic nitrogens is 2. The predicted molar refractivity (Wildman–Crippen MR) is 95.8 cm³/mol. The van der Waals surface area contributed by atoms with Crippen LogP contribution in [0.25, 0.3) is 11.0 Å². The van der Waals surface area contributed by atoms with Gasteiger partial charge in [0.25, 0.3) is 10.1 Å². The van der Waals surface area contributed by atoms with Crippen LogP contribution < -0.4 is 5.32 Å². The van der Waals surface area contributed by atoms with Gasteiger partial charge in [0.2, 0.25) is 5.91 Å². The molecule has 0 unspecified atom stereocenters. The summed E-state index contributed by atoms with van der Waals surface area (Å²) in [7, 11) is -3.67. The molecule has 142 valence electrons. The third-order valence-corrected chi connectivity index (χ3v) is 4.33. The molecule has 0 saturated heterocycles. The quantitative estimate of drug-likeness (QED) is 0.322. The third kappa shape index (κ3) is 4.29. The highest BCUT2D eigenvalue weighted by molar-refractivity contribution is 7.85. The fourth-order valence-corrected chi connectivity index (χ4v) is 3.17. The number of nitrogens with one attached hydrogen (secondary N) is 1. The molecular formula is C14H17ClN4O6S. The van der Waals surface area contributed by atoms with Crippen molar-refractivity contribution in [1.82, 2.24) is 9.55 Å². The lowest BCUT2D eigenvalue weighted by Gasteiger charge is -2.11. The third-order valence-electron chi connectivity index (χ3n) is 3.50. The van der Waals surface area contributed by atoms with Gasteiger partial charge in [0.15, 0.2) is 0 Å². The molecule has 0 fully saturated rings. The molecule has 0 atom stereocenters. The molecule has 1 heterocycles. The molecule has 0 bridgehead atoms. The Morgan fingerprint density at radius 2 is 2.15 bits per heavy atom. The summed E-state index contributed by atoms with van der Waals surface area (Å²) in [6.07, 6.45) is 0.905. The van der Waals surface area contributed by atoms with Crippen LogP contribution in [0.4, 0.5) is 11.4 Å². The maximum atomic E-state index is 11.7. The van der Waals surface area contributed by atoms with Crippen LogP contribution in [0.1, 0.15) is 18.3 Å². The van der Waals surface area contributed by atoms with E-state index in [1.807, 2.05) is 0 Å². The number of amides is 1. The van der Waals surface area contributed by atoms with E-state index in [2.05, 4.69) is 10.3 Å². The van der Waals surface area contributed by atoms with Gasteiger partial charge in [0.05, 0.1) is 29.2 Å². The van der Waals surface area contributed by atoms with Gasteiger partial charge in [-0.15, -0.1) is 11.6 Å². The lowest BCUT2D eigenvalue weighted by Crippen LogP contribution is -2.14. The molecule has 1 aromatic carbocycles. The van der Waals surface area contributed by atoms with Crippen molar-refractivity contribution < 1.29 is 22.3 Å². The van der Waals surface area contributed by atoms with Crippen LogP contribution in [0.5, 0.6) is 0 Å². The minimum absolute atomic E-state index is 0.0188. The summed E-state index contributed by atoms with van der Waals surface area (Å²) in [6, 6.07) is 1.59. The normalized spacial score (nSPS) is 11.7. The van der Waals surface area contributed by atoms with Crippen molar-refractivity contribution in [2.75, 3.05) is 18.2 Å². The van der Waals surface area contributed by atoms with Gasteiger partial charge in [0, 0.05) is 13.5 Å². The van der Waals surface area contributed by atoms with E-state index >= 15 is 0 Å². The number of imidazole rings is 1. The zero-order chi connectivity index (χ0) is 19.6. The first kappa shape index (κ1) is 20.1. The van der Waals surface area contributed by atoms with Crippen molar-refractivity contribution in [1.29, 1.82) is 0 Å². The molecule has 1 N–H and O–H groups in total. The van der Waals surface area contributed by atoms with Gasteiger partial charge in [0.1, 0.15) is 17.0 Å². The molecule has 0 aliphatic rings. The Morgan fingerprint density at radius 3 is 2.65 bits per heavy atom. The average molecular weight is 405 g/mol. The number of benzene rings is 1. The molecule has 26 heavy (non-hydrogen) atoms. The van der Waals surface area contributed by atoms with Gasteiger partial charge < -0.3 is 9.88 Å². The summed E-state index contributed by atoms with van der Waals surface area (Å²) in [5.74, 6) is -0.181. The zero-order valence-electron chi connectivity index (χ0n) is 14.3. The first-order valence-electron chi connectivity index (χ1n) is 7.40. The Kier molecular flexibility index (Phi) is 5.84. The number of nitro benzene ring substituents is 1. The molecule has 0 spiro atoms. The minimum atomic E-state index is -3.67. The van der Waals surface area contributed by atoms with Gasteiger partial charge in [-0.2, -0.15) is 8.42 Å². The van der Waals surface area contributed by atoms with E-state index in [1.165, 1.54) is 11.5 Å². The second kappa shape index (κ2) is 7.56. The Bertz CT molecular complexity index is 985. The second-order valence-corrected chi connectivity index (χ2v) is 7.47. The van der Waals surface area contributed by atoms with Crippen LogP contribution in [0, 0.1) is 17.0 Å². The molecule has 0 aliphatic carbocycles. The predicted octanol–water partition coefficient (Wildman–Crippen LogP) is 1.93. The van der Waals surface area contributed by atoms with Crippen LogP contribution in [0.2, 0.25) is 0 Å². The maximum absolute atomic E-state index is 11.7. The van der Waals surface area contributed by atoms with Crippen molar-refractivity contribution >= 4 is 50.0 Å². The number of hydrogen-bond donors (Lipinski definition) is 1. The summed E-state index contributed by atoms with van der Waals surface area (Å²) in [6.45, 7) is 2.60. The second-order valence-electron chi connectivity index (χ2n) is 5.56. The highest BCUT2D eigenvalue weighted by Gasteiger charge is 2.27. The van der Waals surface area contributed by atoms with Gasteiger partial charge in [-0.25, -0.2) is 4.98 Å². The molecule has 0 saturated carbocycles. The summed E-state index contributed by atoms with van der Waals surface area (Å²) >= 11 is 5.89. The van der Waals surface area contributed by atoms with E-state index in [9.17, 15) is 23.3 Å². The Morgan fingerprint density at radius 1 is 1.50 bits per heavy atom. The number of carbonyl (C=O) groups is 1. The average Bonchev–Trinajstić information content (AvgIpc) is 2.83. The highest BCUT2D eigenvalue weighted by atomic mass is 35.5. The highest BCUT2D eigenvalue weighted by Crippen LogP contribution is 2.37. The van der Waals surface area contributed by atoms with Gasteiger partial charge in [-0.1, -0.05) is 0 Å². The molecule has 12 heteroatoms. The first-order valence-corrected chi connectivity index (χ1v) is 9.75. The SMILES string of the molecule is CC(=O)Nc1c(C)cc2nc(CCl)n(CCOS(C)(=O)=O)c2c1[N+](=O)[O-]. The Labute approximate surface area is 154 Å². The topological polar surface area (TPSA) is 133 Å². The molecule has 0 aliphatic heterocycles. The van der Waals surface area contributed by atoms with Crippen molar-refractivity contribution in [3.63, 3.8) is 0 Å². The van der Waals surface area contributed by atoms with Gasteiger partial charge in [-0.3, -0.25) is 19.1 Å². The summed E-state index contributed by atoms with van der Waals surface area (Å²) in [5.41, 5.74) is 0.646. The van der Waals surface area contributed by atoms with Crippen LogP contribution in [0.3, 0.4) is 0 Å². The molecule has 0 radical (unpaired) electrons. The number of fused-ring (bicyclic) bond motifs is 1. The van der Waals surface area contributed by atoms with Crippen LogP contribution >= 0.6 is 11.6 Å². The van der Waals surface area contributed by atoms with Crippen molar-refractivity contribution in [3.05, 3.63) is 27.6 Å². The van der Waals surface area contributed by atoms with E-state index in [0.717, 1.165) is 6.26 Å². The van der Waals surface area contributed by atoms with Crippen molar-refractivity contribution in [2.45, 2.75) is 26.3 Å². The molecule has 10 nitrogen and oxygen atoms in total. The lowest BCUT2D eigenvalue weighted by molar-refractivity contribution is -0.382. The fourth-order valence-electron chi connectivity index (χ4n) is 2.59. The number of nitro groups is 1. The Balaban J connectivity index is 2.69. The minimum Gasteiger partial charge on any atom is -0.320 e. The zero-order valence-corrected chi connectivity index (χ0v) is 15.8. The van der Waals surface area contributed by atoms with Crippen LogP contribution in [-0.2, 0) is 31.5 Å². The smallest absolute Gasteiger partial charge is 0.318 e. The number of anilines is 1. The summed E-state index contributed by atoms with van der Waals surface area (Å²) in [4.78, 5) is 26.8. The standard InChI is InChI=1S/C14H17ClN4O6S/c1-8-6-10-13(14(19(21)22)12(8)16-9(2)20)18(11(7-15)17-10)4-5-25-26(3,23)24/h6H,4-5,7H2,1-3H3,(H,16,20). The number of halogens is 1. The number of nitrogens with zero attached hydrogens (tertiary/aromatic N) is 3. The van der Waals surface area contributed by atoms with Crippen LogP contribution in [-0.4, -0.2) is 41.7 Å². The van der Waals surface area contributed by atoms with Crippen molar-refractivity contribution in [3.8, 4) is 0 Å². The molecule has 1 amide bonds.